The van der Waals surface area contributed by atoms with E-state index >= 15 is 4.39 Å². The van der Waals surface area contributed by atoms with Crippen LogP contribution in [0, 0.1) is 17.8 Å². The van der Waals surface area contributed by atoms with Crippen molar-refractivity contribution in [3.63, 3.8) is 0 Å². The number of carbonyl (C=O) groups excluding carboxylic acids is 2. The van der Waals surface area contributed by atoms with Gasteiger partial charge in [-0.05, 0) is 50.6 Å². The molecule has 7 rings (SSSR count). The maximum absolute atomic E-state index is 16.1. The molecule has 0 aromatic carbocycles. The van der Waals surface area contributed by atoms with Crippen molar-refractivity contribution in [3.8, 4) is 0 Å². The molecule has 3 saturated heterocycles. The van der Waals surface area contributed by atoms with Crippen molar-refractivity contribution >= 4 is 11.7 Å². The van der Waals surface area contributed by atoms with Crippen molar-refractivity contribution in [2.45, 2.75) is 87.9 Å². The molecular formula is C33H52FN5O5. The second kappa shape index (κ2) is 14.0. The lowest BCUT2D eigenvalue weighted by Crippen LogP contribution is -2.73. The van der Waals surface area contributed by atoms with Crippen LogP contribution in [0.3, 0.4) is 0 Å². The first kappa shape index (κ1) is 31.0. The number of Topliss-reactive ketones (excluding diaryl/α,β-unsaturated/α-hetero) is 1. The second-order valence-electron chi connectivity index (χ2n) is 14.2. The minimum atomic E-state index is -1.21. The molecule has 246 valence electrons. The summed E-state index contributed by atoms with van der Waals surface area (Å²) in [7, 11) is 0. The molecule has 0 radical (unpaired) electrons. The van der Waals surface area contributed by atoms with Gasteiger partial charge in [0.15, 0.2) is 5.78 Å². The van der Waals surface area contributed by atoms with Crippen LogP contribution in [0.2, 0.25) is 0 Å². The first-order valence-corrected chi connectivity index (χ1v) is 17.5. The Labute approximate surface area is 261 Å². The maximum atomic E-state index is 16.1. The molecule has 4 aliphatic heterocycles. The standard InChI is InChI=1S/C33H52FN5O5/c34-26-20-24-30-32(29(26)35-6-3-8-37-10-14-42-15-11-37)44-28-19-23-5-2-1-4-22(23)18-27(28)39(30)21-25(31(24)40)33(41)36-7-9-38-12-16-43-17-13-38/h21-24,26-30,32,35H,1-20H2,(H,36,41). The predicted octanol–water partition coefficient (Wildman–Crippen LogP) is 1.35. The zero-order chi connectivity index (χ0) is 30.0. The van der Waals surface area contributed by atoms with Crippen molar-refractivity contribution in [2.24, 2.45) is 17.8 Å². The van der Waals surface area contributed by atoms with Crippen LogP contribution < -0.4 is 10.6 Å². The topological polar surface area (TPSA) is 95.6 Å². The third-order valence-electron chi connectivity index (χ3n) is 11.7. The highest BCUT2D eigenvalue weighted by Crippen LogP contribution is 2.50. The summed E-state index contributed by atoms with van der Waals surface area (Å²) >= 11 is 0. The fraction of sp³-hybridized carbons (Fsp3) is 0.879. The number of hydrogen-bond acceptors (Lipinski definition) is 9. The Morgan fingerprint density at radius 1 is 0.909 bits per heavy atom. The Kier molecular flexibility index (Phi) is 9.87. The van der Waals surface area contributed by atoms with Crippen molar-refractivity contribution in [3.05, 3.63) is 11.8 Å². The van der Waals surface area contributed by atoms with Gasteiger partial charge >= 0.3 is 0 Å². The number of fused-ring (bicyclic) bond motifs is 3. The fourth-order valence-corrected chi connectivity index (χ4v) is 9.34. The van der Waals surface area contributed by atoms with E-state index in [0.717, 1.165) is 71.7 Å². The molecule has 6 fully saturated rings. The van der Waals surface area contributed by atoms with Crippen molar-refractivity contribution < 1.29 is 28.2 Å². The summed E-state index contributed by atoms with van der Waals surface area (Å²) < 4.78 is 33.9. The molecule has 0 aromatic rings. The summed E-state index contributed by atoms with van der Waals surface area (Å²) in [6.07, 6.45) is 8.35. The number of hydrogen-bond donors (Lipinski definition) is 2. The normalized spacial score (nSPS) is 39.6. The van der Waals surface area contributed by atoms with E-state index in [2.05, 4.69) is 25.3 Å². The minimum Gasteiger partial charge on any atom is -0.379 e. The molecule has 0 aromatic heterocycles. The monoisotopic (exact) mass is 617 g/mol. The largest absolute Gasteiger partial charge is 0.379 e. The summed E-state index contributed by atoms with van der Waals surface area (Å²) in [5.41, 5.74) is 0.197. The minimum absolute atomic E-state index is 0.00529. The van der Waals surface area contributed by atoms with E-state index in [1.165, 1.54) is 25.7 Å². The van der Waals surface area contributed by atoms with Crippen LogP contribution in [0.15, 0.2) is 11.8 Å². The van der Waals surface area contributed by atoms with Gasteiger partial charge in [-0.1, -0.05) is 25.7 Å². The van der Waals surface area contributed by atoms with Gasteiger partial charge in [0, 0.05) is 51.4 Å². The number of morpholine rings is 3. The first-order chi connectivity index (χ1) is 21.6. The van der Waals surface area contributed by atoms with E-state index < -0.39 is 24.2 Å². The molecule has 0 spiro atoms. The quantitative estimate of drug-likeness (QED) is 0.294. The van der Waals surface area contributed by atoms with Crippen LogP contribution in [-0.2, 0) is 23.8 Å². The summed E-state index contributed by atoms with van der Waals surface area (Å²) in [6.45, 7) is 9.42. The molecule has 9 unspecified atom stereocenters. The number of carbonyl (C=O) groups is 2. The highest BCUT2D eigenvalue weighted by Gasteiger charge is 2.59. The number of ketones is 1. The summed E-state index contributed by atoms with van der Waals surface area (Å²) in [6, 6.07) is -0.573. The number of nitrogens with zero attached hydrogens (tertiary/aromatic N) is 3. The van der Waals surface area contributed by atoms with Crippen molar-refractivity contribution in [1.82, 2.24) is 25.3 Å². The lowest BCUT2D eigenvalue weighted by atomic mass is 9.65. The molecule has 9 atom stereocenters. The van der Waals surface area contributed by atoms with Crippen LogP contribution >= 0.6 is 0 Å². The molecule has 1 amide bonds. The SMILES string of the molecule is O=C(NCCN1CCOCC1)C1=CN2C3CC4CCCCC4CC3OC3C(NCCCN4CCOCC4)C(F)CC(C1=O)C32. The van der Waals surface area contributed by atoms with E-state index in [1.54, 1.807) is 0 Å². The van der Waals surface area contributed by atoms with E-state index in [9.17, 15) is 9.59 Å². The van der Waals surface area contributed by atoms with E-state index in [4.69, 9.17) is 14.2 Å². The Morgan fingerprint density at radius 3 is 2.32 bits per heavy atom. The van der Waals surface area contributed by atoms with Gasteiger partial charge in [-0.25, -0.2) is 4.39 Å². The lowest BCUT2D eigenvalue weighted by molar-refractivity contribution is -0.208. The van der Waals surface area contributed by atoms with Crippen molar-refractivity contribution in [2.75, 3.05) is 78.8 Å². The van der Waals surface area contributed by atoms with E-state index in [0.29, 0.717) is 38.1 Å². The Bertz CT molecular complexity index is 1050. The van der Waals surface area contributed by atoms with Crippen LogP contribution in [0.1, 0.15) is 51.4 Å². The number of ether oxygens (including phenoxy) is 3. The summed E-state index contributed by atoms with van der Waals surface area (Å²) in [4.78, 5) is 34.4. The van der Waals surface area contributed by atoms with Gasteiger partial charge in [-0.3, -0.25) is 19.4 Å². The Balaban J connectivity index is 1.08. The van der Waals surface area contributed by atoms with Crippen LogP contribution in [0.5, 0.6) is 0 Å². The molecule has 0 bridgehead atoms. The van der Waals surface area contributed by atoms with Gasteiger partial charge in [0.25, 0.3) is 5.91 Å². The van der Waals surface area contributed by atoms with Gasteiger partial charge in [-0.2, -0.15) is 0 Å². The molecule has 3 saturated carbocycles. The maximum Gasteiger partial charge on any atom is 0.256 e. The zero-order valence-electron chi connectivity index (χ0n) is 26.2. The fourth-order valence-electron chi connectivity index (χ4n) is 9.34. The Hall–Kier alpha value is -1.63. The van der Waals surface area contributed by atoms with Crippen LogP contribution in [0.4, 0.5) is 4.39 Å². The lowest BCUT2D eigenvalue weighted by Gasteiger charge is -2.61. The first-order valence-electron chi connectivity index (χ1n) is 17.5. The second-order valence-corrected chi connectivity index (χ2v) is 14.2. The average Bonchev–Trinajstić information content (AvgIpc) is 3.05. The van der Waals surface area contributed by atoms with Gasteiger partial charge in [-0.15, -0.1) is 0 Å². The van der Waals surface area contributed by atoms with E-state index in [-0.39, 0.29) is 41.9 Å². The number of nitrogens with one attached hydrogen (secondary N) is 2. The van der Waals surface area contributed by atoms with Crippen LogP contribution in [-0.4, -0.2) is 142 Å². The number of alkyl halides is 1. The van der Waals surface area contributed by atoms with Gasteiger partial charge in [0.1, 0.15) is 6.17 Å². The molecule has 2 N–H and O–H groups in total. The third kappa shape index (κ3) is 6.47. The molecule has 44 heavy (non-hydrogen) atoms. The average molecular weight is 618 g/mol. The number of rotatable bonds is 9. The van der Waals surface area contributed by atoms with E-state index in [1.807, 2.05) is 6.20 Å². The highest BCUT2D eigenvalue weighted by molar-refractivity contribution is 6.20. The molecular weight excluding hydrogens is 565 g/mol. The predicted molar refractivity (Wildman–Crippen MR) is 163 cm³/mol. The number of halogens is 1. The molecule has 7 aliphatic rings. The Morgan fingerprint density at radius 2 is 1.59 bits per heavy atom. The molecule has 10 nitrogen and oxygen atoms in total. The smallest absolute Gasteiger partial charge is 0.256 e. The molecule has 4 heterocycles. The third-order valence-corrected chi connectivity index (χ3v) is 11.7. The highest BCUT2D eigenvalue weighted by atomic mass is 19.1. The van der Waals surface area contributed by atoms with Crippen LogP contribution in [0.25, 0.3) is 0 Å². The molecule has 11 heteroatoms. The number of amides is 1. The van der Waals surface area contributed by atoms with Gasteiger partial charge < -0.3 is 29.7 Å². The molecule has 3 aliphatic carbocycles. The summed E-state index contributed by atoms with van der Waals surface area (Å²) in [5.74, 6) is 0.192. The zero-order valence-corrected chi connectivity index (χ0v) is 26.2. The van der Waals surface area contributed by atoms with Crippen molar-refractivity contribution in [1.29, 1.82) is 0 Å². The van der Waals surface area contributed by atoms with Gasteiger partial charge in [0.2, 0.25) is 0 Å². The van der Waals surface area contributed by atoms with Gasteiger partial charge in [0.05, 0.1) is 62.3 Å². The summed E-state index contributed by atoms with van der Waals surface area (Å²) in [5, 5.41) is 6.56.